The average Bonchev–Trinajstić information content (AvgIpc) is 2.45. The van der Waals surface area contributed by atoms with Crippen molar-refractivity contribution < 1.29 is 19.5 Å². The van der Waals surface area contributed by atoms with Gasteiger partial charge in [-0.2, -0.15) is 0 Å². The molecule has 2 N–H and O–H groups in total. The normalized spacial score (nSPS) is 14.8. The quantitative estimate of drug-likeness (QED) is 0.744. The van der Waals surface area contributed by atoms with E-state index in [0.717, 1.165) is 25.9 Å². The molecule has 7 nitrogen and oxygen atoms in total. The van der Waals surface area contributed by atoms with Gasteiger partial charge >= 0.3 is 12.0 Å². The first-order chi connectivity index (χ1) is 9.50. The maximum absolute atomic E-state index is 11.8. The van der Waals surface area contributed by atoms with E-state index in [1.165, 1.54) is 18.4 Å². The molecule has 0 spiro atoms. The Morgan fingerprint density at radius 2 is 1.80 bits per heavy atom. The Bertz CT molecular complexity index is 354. The van der Waals surface area contributed by atoms with Crippen LogP contribution < -0.4 is 5.32 Å². The molecule has 0 bridgehead atoms. The molecule has 1 aliphatic heterocycles. The smallest absolute Gasteiger partial charge is 0.317 e. The minimum absolute atomic E-state index is 0.0678. The lowest BCUT2D eigenvalue weighted by Crippen LogP contribution is -2.41. The predicted molar refractivity (Wildman–Crippen MR) is 73.3 cm³/mol. The largest absolute Gasteiger partial charge is 0.481 e. The molecule has 0 aromatic carbocycles. The molecule has 0 aromatic heterocycles. The van der Waals surface area contributed by atoms with Gasteiger partial charge in [0.15, 0.2) is 0 Å². The zero-order chi connectivity index (χ0) is 15.0. The number of rotatable bonds is 6. The molecular weight excluding hydrogens is 262 g/mol. The number of hydrogen-bond donors (Lipinski definition) is 2. The third-order valence-corrected chi connectivity index (χ3v) is 3.33. The van der Waals surface area contributed by atoms with Crippen LogP contribution in [0.25, 0.3) is 0 Å². The van der Waals surface area contributed by atoms with Crippen LogP contribution in [-0.2, 0) is 9.59 Å². The Kier molecular flexibility index (Phi) is 6.83. The lowest BCUT2D eigenvalue weighted by atomic mass is 10.1. The highest BCUT2D eigenvalue weighted by Gasteiger charge is 2.16. The maximum atomic E-state index is 11.8. The second kappa shape index (κ2) is 8.39. The van der Waals surface area contributed by atoms with Crippen LogP contribution in [0.3, 0.4) is 0 Å². The second-order valence-electron chi connectivity index (χ2n) is 4.99. The van der Waals surface area contributed by atoms with Crippen LogP contribution in [0.15, 0.2) is 0 Å². The van der Waals surface area contributed by atoms with Crippen molar-refractivity contribution in [3.8, 4) is 0 Å². The fraction of sp³-hybridized carbons (Fsp3) is 0.769. The molecule has 1 rings (SSSR count). The molecule has 0 radical (unpaired) electrons. The van der Waals surface area contributed by atoms with Gasteiger partial charge < -0.3 is 20.2 Å². The molecule has 3 amide bonds. The number of carbonyl (C=O) groups is 3. The number of urea groups is 1. The predicted octanol–water partition coefficient (Wildman–Crippen LogP) is 0.505. The molecule has 20 heavy (non-hydrogen) atoms. The van der Waals surface area contributed by atoms with Gasteiger partial charge in [-0.3, -0.25) is 9.59 Å². The van der Waals surface area contributed by atoms with E-state index >= 15 is 0 Å². The molecule has 7 heteroatoms. The van der Waals surface area contributed by atoms with Crippen molar-refractivity contribution in [2.45, 2.75) is 32.1 Å². The molecule has 0 aliphatic carbocycles. The number of carboxylic acids is 1. The first-order valence-corrected chi connectivity index (χ1v) is 6.99. The number of carboxylic acid groups (broad SMARTS) is 1. The highest BCUT2D eigenvalue weighted by molar-refractivity contribution is 5.78. The van der Waals surface area contributed by atoms with Gasteiger partial charge in [0.2, 0.25) is 5.91 Å². The van der Waals surface area contributed by atoms with E-state index in [1.807, 2.05) is 4.90 Å². The first kappa shape index (κ1) is 16.3. The minimum atomic E-state index is -0.940. The lowest BCUT2D eigenvalue weighted by molar-refractivity contribution is -0.137. The van der Waals surface area contributed by atoms with Gasteiger partial charge in [-0.15, -0.1) is 0 Å². The number of amides is 3. The van der Waals surface area contributed by atoms with Crippen molar-refractivity contribution in [2.24, 2.45) is 0 Å². The topological polar surface area (TPSA) is 90.0 Å². The Hall–Kier alpha value is -1.79. The van der Waals surface area contributed by atoms with Gasteiger partial charge in [0.05, 0.1) is 6.42 Å². The summed E-state index contributed by atoms with van der Waals surface area (Å²) in [6.07, 6.45) is 3.48. The van der Waals surface area contributed by atoms with Gasteiger partial charge in [0.25, 0.3) is 0 Å². The van der Waals surface area contributed by atoms with Crippen LogP contribution in [0, 0.1) is 0 Å². The zero-order valence-electron chi connectivity index (χ0n) is 11.9. The molecule has 1 fully saturated rings. The van der Waals surface area contributed by atoms with Crippen molar-refractivity contribution in [3.63, 3.8) is 0 Å². The molecule has 0 unspecified atom stereocenters. The Labute approximate surface area is 118 Å². The summed E-state index contributed by atoms with van der Waals surface area (Å²) in [5.41, 5.74) is 0. The van der Waals surface area contributed by atoms with Gasteiger partial charge in [-0.05, 0) is 19.3 Å². The number of aliphatic carboxylic acids is 1. The van der Waals surface area contributed by atoms with E-state index < -0.39 is 5.97 Å². The highest BCUT2D eigenvalue weighted by Crippen LogP contribution is 2.09. The average molecular weight is 285 g/mol. The summed E-state index contributed by atoms with van der Waals surface area (Å²) >= 11 is 0. The third-order valence-electron chi connectivity index (χ3n) is 3.33. The lowest BCUT2D eigenvalue weighted by Gasteiger charge is -2.26. The van der Waals surface area contributed by atoms with E-state index in [2.05, 4.69) is 5.32 Å². The SMILES string of the molecule is CN(CCC(=O)O)C(=O)NCCC(=O)N1CCCCC1. The van der Waals surface area contributed by atoms with Crippen LogP contribution in [0.2, 0.25) is 0 Å². The summed E-state index contributed by atoms with van der Waals surface area (Å²) in [4.78, 5) is 37.0. The molecule has 1 heterocycles. The molecular formula is C13H23N3O4. The van der Waals surface area contributed by atoms with Crippen LogP contribution in [-0.4, -0.2) is 66.0 Å². The van der Waals surface area contributed by atoms with Gasteiger partial charge in [0, 0.05) is 39.6 Å². The summed E-state index contributed by atoms with van der Waals surface area (Å²) in [5.74, 6) is -0.872. The molecule has 1 aliphatic rings. The minimum Gasteiger partial charge on any atom is -0.481 e. The first-order valence-electron chi connectivity index (χ1n) is 6.99. The van der Waals surface area contributed by atoms with E-state index in [-0.39, 0.29) is 31.4 Å². The van der Waals surface area contributed by atoms with Crippen molar-refractivity contribution in [1.82, 2.24) is 15.1 Å². The van der Waals surface area contributed by atoms with Crippen molar-refractivity contribution in [2.75, 3.05) is 33.2 Å². The summed E-state index contributed by atoms with van der Waals surface area (Å²) in [5, 5.41) is 11.2. The third kappa shape index (κ3) is 5.90. The molecule has 0 aromatic rings. The van der Waals surface area contributed by atoms with Gasteiger partial charge in [-0.25, -0.2) is 4.79 Å². The molecule has 0 saturated carbocycles. The fourth-order valence-electron chi connectivity index (χ4n) is 2.08. The fourth-order valence-corrected chi connectivity index (χ4v) is 2.08. The van der Waals surface area contributed by atoms with Crippen LogP contribution in [0.5, 0.6) is 0 Å². The highest BCUT2D eigenvalue weighted by atomic mass is 16.4. The number of likely N-dealkylation sites (tertiary alicyclic amines) is 1. The monoisotopic (exact) mass is 285 g/mol. The summed E-state index contributed by atoms with van der Waals surface area (Å²) < 4.78 is 0. The van der Waals surface area contributed by atoms with Crippen LogP contribution in [0.1, 0.15) is 32.1 Å². The van der Waals surface area contributed by atoms with E-state index in [4.69, 9.17) is 5.11 Å². The summed E-state index contributed by atoms with van der Waals surface area (Å²) in [7, 11) is 1.53. The number of nitrogens with one attached hydrogen (secondary N) is 1. The van der Waals surface area contributed by atoms with Crippen LogP contribution in [0.4, 0.5) is 4.79 Å². The van der Waals surface area contributed by atoms with Crippen molar-refractivity contribution in [3.05, 3.63) is 0 Å². The molecule has 114 valence electrons. The summed E-state index contributed by atoms with van der Waals surface area (Å²) in [6, 6.07) is -0.349. The van der Waals surface area contributed by atoms with Crippen molar-refractivity contribution >= 4 is 17.9 Å². The second-order valence-corrected chi connectivity index (χ2v) is 4.99. The molecule has 0 atom stereocenters. The standard InChI is InChI=1S/C13H23N3O4/c1-15(10-6-12(18)19)13(20)14-7-5-11(17)16-8-3-2-4-9-16/h2-10H2,1H3,(H,14,20)(H,18,19). The Morgan fingerprint density at radius 3 is 2.40 bits per heavy atom. The van der Waals surface area contributed by atoms with Crippen LogP contribution >= 0.6 is 0 Å². The Morgan fingerprint density at radius 1 is 1.15 bits per heavy atom. The van der Waals surface area contributed by atoms with E-state index in [0.29, 0.717) is 6.42 Å². The Balaban J connectivity index is 2.17. The van der Waals surface area contributed by atoms with E-state index in [1.54, 1.807) is 0 Å². The number of hydrogen-bond acceptors (Lipinski definition) is 3. The number of piperidine rings is 1. The number of carbonyl (C=O) groups excluding carboxylic acids is 2. The number of nitrogens with zero attached hydrogens (tertiary/aromatic N) is 2. The van der Waals surface area contributed by atoms with E-state index in [9.17, 15) is 14.4 Å². The maximum Gasteiger partial charge on any atom is 0.317 e. The molecule has 1 saturated heterocycles. The van der Waals surface area contributed by atoms with Gasteiger partial charge in [-0.1, -0.05) is 0 Å². The van der Waals surface area contributed by atoms with Crippen molar-refractivity contribution in [1.29, 1.82) is 0 Å². The zero-order valence-corrected chi connectivity index (χ0v) is 11.9. The van der Waals surface area contributed by atoms with Gasteiger partial charge in [0.1, 0.15) is 0 Å². The summed E-state index contributed by atoms with van der Waals surface area (Å²) in [6.45, 7) is 2.06.